The molecule has 0 bridgehead atoms. The van der Waals surface area contributed by atoms with Gasteiger partial charge in [0.15, 0.2) is 0 Å². The van der Waals surface area contributed by atoms with E-state index in [0.29, 0.717) is 17.3 Å². The first kappa shape index (κ1) is 16.7. The molecule has 2 aromatic heterocycles. The van der Waals surface area contributed by atoms with Crippen LogP contribution in [0, 0.1) is 0 Å². The van der Waals surface area contributed by atoms with Gasteiger partial charge in [0.1, 0.15) is 11.0 Å². The van der Waals surface area contributed by atoms with Crippen molar-refractivity contribution < 1.29 is 4.79 Å². The second-order valence-corrected chi connectivity index (χ2v) is 6.25. The molecule has 0 aromatic carbocycles. The van der Waals surface area contributed by atoms with Gasteiger partial charge in [-0.05, 0) is 36.9 Å². The summed E-state index contributed by atoms with van der Waals surface area (Å²) < 4.78 is 0. The van der Waals surface area contributed by atoms with Gasteiger partial charge in [0.2, 0.25) is 0 Å². The molecule has 1 aliphatic rings. The van der Waals surface area contributed by atoms with Gasteiger partial charge in [-0.15, -0.1) is 0 Å². The molecule has 1 N–H and O–H groups in total. The Balaban J connectivity index is 1.61. The minimum Gasteiger partial charge on any atom is -0.354 e. The molecule has 1 amide bonds. The topological polar surface area (TPSA) is 61.4 Å². The number of hydrogen-bond donors (Lipinski definition) is 1. The molecule has 24 heavy (non-hydrogen) atoms. The van der Waals surface area contributed by atoms with Crippen molar-refractivity contribution in [2.45, 2.75) is 6.54 Å². The number of amides is 1. The minimum atomic E-state index is -0.169. The molecular weight excluding hydrogens is 326 g/mol. The zero-order valence-electron chi connectivity index (χ0n) is 13.6. The normalized spacial score (nSPS) is 15.3. The molecule has 126 valence electrons. The Kier molecular flexibility index (Phi) is 5.27. The molecule has 0 spiro atoms. The van der Waals surface area contributed by atoms with Crippen molar-refractivity contribution in [1.82, 2.24) is 20.2 Å². The lowest BCUT2D eigenvalue weighted by atomic mass is 10.2. The molecular formula is C17H20ClN5O. The van der Waals surface area contributed by atoms with Gasteiger partial charge in [0.25, 0.3) is 5.91 Å². The number of nitrogens with zero attached hydrogens (tertiary/aromatic N) is 4. The maximum Gasteiger partial charge on any atom is 0.251 e. The van der Waals surface area contributed by atoms with Crippen LogP contribution in [0.15, 0.2) is 36.7 Å². The summed E-state index contributed by atoms with van der Waals surface area (Å²) in [4.78, 5) is 25.1. The van der Waals surface area contributed by atoms with Gasteiger partial charge < -0.3 is 15.1 Å². The lowest BCUT2D eigenvalue weighted by molar-refractivity contribution is 0.0951. The largest absolute Gasteiger partial charge is 0.354 e. The van der Waals surface area contributed by atoms with Crippen molar-refractivity contribution in [1.29, 1.82) is 0 Å². The number of carbonyl (C=O) groups excluding carboxylic acids is 1. The van der Waals surface area contributed by atoms with Gasteiger partial charge in [-0.3, -0.25) is 4.79 Å². The number of likely N-dealkylation sites (N-methyl/N-ethyl adjacent to an activating group) is 1. The zero-order chi connectivity index (χ0) is 16.9. The van der Waals surface area contributed by atoms with Crippen LogP contribution in [0.2, 0.25) is 5.15 Å². The summed E-state index contributed by atoms with van der Waals surface area (Å²) in [7, 11) is 2.13. The van der Waals surface area contributed by atoms with Crippen molar-refractivity contribution >= 4 is 23.3 Å². The lowest BCUT2D eigenvalue weighted by Gasteiger charge is -2.33. The SMILES string of the molecule is CN1CCN(c2cc(CNC(=O)c3ccnc(Cl)c3)ccn2)CC1. The van der Waals surface area contributed by atoms with Crippen LogP contribution in [0.3, 0.4) is 0 Å². The summed E-state index contributed by atoms with van der Waals surface area (Å²) in [5, 5.41) is 3.21. The van der Waals surface area contributed by atoms with E-state index in [1.54, 1.807) is 18.3 Å². The van der Waals surface area contributed by atoms with Gasteiger partial charge in [0.05, 0.1) is 0 Å². The number of carbonyl (C=O) groups is 1. The summed E-state index contributed by atoms with van der Waals surface area (Å²) in [6, 6.07) is 7.15. The predicted molar refractivity (Wildman–Crippen MR) is 94.4 cm³/mol. The molecule has 3 heterocycles. The maximum atomic E-state index is 12.2. The molecule has 0 unspecified atom stereocenters. The molecule has 0 radical (unpaired) electrons. The molecule has 6 nitrogen and oxygen atoms in total. The van der Waals surface area contributed by atoms with E-state index < -0.39 is 0 Å². The van der Waals surface area contributed by atoms with Crippen LogP contribution in [0.25, 0.3) is 0 Å². The van der Waals surface area contributed by atoms with E-state index in [4.69, 9.17) is 11.6 Å². The zero-order valence-corrected chi connectivity index (χ0v) is 14.3. The highest BCUT2D eigenvalue weighted by molar-refractivity contribution is 6.29. The van der Waals surface area contributed by atoms with Gasteiger partial charge >= 0.3 is 0 Å². The highest BCUT2D eigenvalue weighted by Crippen LogP contribution is 2.15. The standard InChI is InChI=1S/C17H20ClN5O/c1-22-6-8-23(9-7-22)16-10-13(2-4-20-16)12-21-17(24)14-3-5-19-15(18)11-14/h2-5,10-11H,6-9,12H2,1H3,(H,21,24). The third-order valence-electron chi connectivity index (χ3n) is 4.08. The Morgan fingerprint density at radius 2 is 1.92 bits per heavy atom. The first-order valence-corrected chi connectivity index (χ1v) is 8.28. The molecule has 0 saturated carbocycles. The Hall–Kier alpha value is -2.18. The maximum absolute atomic E-state index is 12.2. The first-order chi connectivity index (χ1) is 11.6. The second-order valence-electron chi connectivity index (χ2n) is 5.86. The molecule has 7 heteroatoms. The van der Waals surface area contributed by atoms with E-state index in [-0.39, 0.29) is 5.91 Å². The molecule has 3 rings (SSSR count). The van der Waals surface area contributed by atoms with E-state index in [2.05, 4.69) is 32.1 Å². The number of halogens is 1. The van der Waals surface area contributed by atoms with Crippen LogP contribution < -0.4 is 10.2 Å². The first-order valence-electron chi connectivity index (χ1n) is 7.90. The number of aromatic nitrogens is 2. The second kappa shape index (κ2) is 7.59. The van der Waals surface area contributed by atoms with Crippen LogP contribution in [0.5, 0.6) is 0 Å². The number of hydrogen-bond acceptors (Lipinski definition) is 5. The number of pyridine rings is 2. The van der Waals surface area contributed by atoms with Gasteiger partial charge in [-0.1, -0.05) is 11.6 Å². The van der Waals surface area contributed by atoms with Gasteiger partial charge in [0, 0.05) is 50.7 Å². The van der Waals surface area contributed by atoms with E-state index in [0.717, 1.165) is 37.6 Å². The fraction of sp³-hybridized carbons (Fsp3) is 0.353. The minimum absolute atomic E-state index is 0.169. The summed E-state index contributed by atoms with van der Waals surface area (Å²) in [6.45, 7) is 4.45. The average molecular weight is 346 g/mol. The molecule has 1 fully saturated rings. The van der Waals surface area contributed by atoms with Crippen molar-refractivity contribution in [2.75, 3.05) is 38.1 Å². The van der Waals surface area contributed by atoms with Gasteiger partial charge in [-0.2, -0.15) is 0 Å². The van der Waals surface area contributed by atoms with Crippen LogP contribution in [-0.2, 0) is 6.54 Å². The number of nitrogens with one attached hydrogen (secondary N) is 1. The van der Waals surface area contributed by atoms with Crippen LogP contribution in [0.4, 0.5) is 5.82 Å². The fourth-order valence-electron chi connectivity index (χ4n) is 2.61. The predicted octanol–water partition coefficient (Wildman–Crippen LogP) is 1.81. The highest BCUT2D eigenvalue weighted by Gasteiger charge is 2.15. The Bertz CT molecular complexity index is 716. The quantitative estimate of drug-likeness (QED) is 0.856. The third kappa shape index (κ3) is 4.21. The number of rotatable bonds is 4. The summed E-state index contributed by atoms with van der Waals surface area (Å²) in [6.07, 6.45) is 3.31. The lowest BCUT2D eigenvalue weighted by Crippen LogP contribution is -2.44. The Morgan fingerprint density at radius 1 is 1.17 bits per heavy atom. The Labute approximate surface area is 146 Å². The van der Waals surface area contributed by atoms with Crippen LogP contribution in [0.1, 0.15) is 15.9 Å². The summed E-state index contributed by atoms with van der Waals surface area (Å²) >= 11 is 5.81. The molecule has 0 aliphatic carbocycles. The van der Waals surface area contributed by atoms with E-state index in [9.17, 15) is 4.79 Å². The molecule has 0 atom stereocenters. The number of anilines is 1. The third-order valence-corrected chi connectivity index (χ3v) is 4.29. The summed E-state index contributed by atoms with van der Waals surface area (Å²) in [5.41, 5.74) is 1.52. The molecule has 1 saturated heterocycles. The van der Waals surface area contributed by atoms with Crippen LogP contribution >= 0.6 is 11.6 Å². The van der Waals surface area contributed by atoms with Crippen molar-refractivity contribution in [3.63, 3.8) is 0 Å². The highest BCUT2D eigenvalue weighted by atomic mass is 35.5. The number of piperazine rings is 1. The smallest absolute Gasteiger partial charge is 0.251 e. The van der Waals surface area contributed by atoms with Crippen molar-refractivity contribution in [3.05, 3.63) is 52.9 Å². The summed E-state index contributed by atoms with van der Waals surface area (Å²) in [5.74, 6) is 0.791. The van der Waals surface area contributed by atoms with Gasteiger partial charge in [-0.25, -0.2) is 9.97 Å². The van der Waals surface area contributed by atoms with E-state index >= 15 is 0 Å². The molecule has 2 aromatic rings. The monoisotopic (exact) mass is 345 g/mol. The fourth-order valence-corrected chi connectivity index (χ4v) is 2.78. The molecule has 1 aliphatic heterocycles. The van der Waals surface area contributed by atoms with E-state index in [1.807, 2.05) is 12.1 Å². The van der Waals surface area contributed by atoms with Crippen molar-refractivity contribution in [2.24, 2.45) is 0 Å². The van der Waals surface area contributed by atoms with E-state index in [1.165, 1.54) is 6.20 Å². The van der Waals surface area contributed by atoms with Crippen molar-refractivity contribution in [3.8, 4) is 0 Å². The Morgan fingerprint density at radius 3 is 2.67 bits per heavy atom. The van der Waals surface area contributed by atoms with Crippen LogP contribution in [-0.4, -0.2) is 54.0 Å². The average Bonchev–Trinajstić information content (AvgIpc) is 2.60.